The zero-order valence-corrected chi connectivity index (χ0v) is 11.7. The number of rotatable bonds is 3. The SMILES string of the molecule is COC1C(Br)CC1Oc1ccc(Cl)cc1Cl. The molecule has 0 bridgehead atoms. The Labute approximate surface area is 113 Å². The molecule has 0 amide bonds. The number of benzene rings is 1. The maximum atomic E-state index is 6.02. The van der Waals surface area contributed by atoms with Crippen molar-refractivity contribution in [2.75, 3.05) is 7.11 Å². The van der Waals surface area contributed by atoms with Crippen LogP contribution < -0.4 is 4.74 Å². The van der Waals surface area contributed by atoms with Crippen LogP contribution >= 0.6 is 39.1 Å². The molecule has 0 aromatic heterocycles. The molecular weight excluding hydrogens is 315 g/mol. The lowest BCUT2D eigenvalue weighted by atomic mass is 9.91. The van der Waals surface area contributed by atoms with Gasteiger partial charge in [0.1, 0.15) is 18.0 Å². The van der Waals surface area contributed by atoms with Crippen LogP contribution in [0.25, 0.3) is 0 Å². The molecule has 0 heterocycles. The normalized spacial score (nSPS) is 28.6. The summed E-state index contributed by atoms with van der Waals surface area (Å²) >= 11 is 15.3. The minimum atomic E-state index is 0.0491. The predicted octanol–water partition coefficient (Wildman–Crippen LogP) is 3.92. The molecule has 16 heavy (non-hydrogen) atoms. The second-order valence-electron chi connectivity index (χ2n) is 3.68. The third-order valence-corrected chi connectivity index (χ3v) is 4.05. The zero-order chi connectivity index (χ0) is 11.7. The van der Waals surface area contributed by atoms with Gasteiger partial charge in [0, 0.05) is 23.4 Å². The summed E-state index contributed by atoms with van der Waals surface area (Å²) in [6, 6.07) is 5.21. The Balaban J connectivity index is 2.04. The Morgan fingerprint density at radius 3 is 2.69 bits per heavy atom. The molecule has 0 saturated heterocycles. The number of methoxy groups -OCH3 is 1. The Morgan fingerprint density at radius 1 is 1.38 bits per heavy atom. The first-order chi connectivity index (χ1) is 7.61. The molecule has 1 saturated carbocycles. The van der Waals surface area contributed by atoms with Gasteiger partial charge in [-0.15, -0.1) is 0 Å². The molecule has 0 radical (unpaired) electrons. The van der Waals surface area contributed by atoms with Crippen molar-refractivity contribution in [3.63, 3.8) is 0 Å². The minimum Gasteiger partial charge on any atom is -0.486 e. The van der Waals surface area contributed by atoms with Crippen molar-refractivity contribution in [3.8, 4) is 5.75 Å². The van der Waals surface area contributed by atoms with Crippen LogP contribution in [-0.4, -0.2) is 24.1 Å². The van der Waals surface area contributed by atoms with E-state index in [4.69, 9.17) is 32.7 Å². The number of ether oxygens (including phenoxy) is 2. The van der Waals surface area contributed by atoms with Crippen LogP contribution in [-0.2, 0) is 4.74 Å². The van der Waals surface area contributed by atoms with Crippen LogP contribution in [0.5, 0.6) is 5.75 Å². The van der Waals surface area contributed by atoms with Crippen molar-refractivity contribution in [2.24, 2.45) is 0 Å². The molecule has 0 spiro atoms. The summed E-state index contributed by atoms with van der Waals surface area (Å²) < 4.78 is 11.1. The molecule has 1 aromatic rings. The van der Waals surface area contributed by atoms with Gasteiger partial charge in [-0.1, -0.05) is 39.1 Å². The van der Waals surface area contributed by atoms with Crippen molar-refractivity contribution in [1.29, 1.82) is 0 Å². The van der Waals surface area contributed by atoms with Crippen LogP contribution in [0.3, 0.4) is 0 Å². The van der Waals surface area contributed by atoms with Gasteiger partial charge in [0.25, 0.3) is 0 Å². The Kier molecular flexibility index (Phi) is 4.01. The molecule has 0 N–H and O–H groups in total. The van der Waals surface area contributed by atoms with Gasteiger partial charge in [0.2, 0.25) is 0 Å². The van der Waals surface area contributed by atoms with Gasteiger partial charge in [0.15, 0.2) is 0 Å². The van der Waals surface area contributed by atoms with E-state index in [9.17, 15) is 0 Å². The fourth-order valence-electron chi connectivity index (χ4n) is 1.68. The van der Waals surface area contributed by atoms with Crippen LogP contribution in [0.1, 0.15) is 6.42 Å². The fraction of sp³-hybridized carbons (Fsp3) is 0.455. The van der Waals surface area contributed by atoms with Crippen molar-refractivity contribution in [2.45, 2.75) is 23.5 Å². The van der Waals surface area contributed by atoms with Crippen molar-refractivity contribution < 1.29 is 9.47 Å². The number of halogens is 3. The first-order valence-corrected chi connectivity index (χ1v) is 6.57. The summed E-state index contributed by atoms with van der Waals surface area (Å²) in [6.07, 6.45) is 1.04. The van der Waals surface area contributed by atoms with Crippen LogP contribution in [0, 0.1) is 0 Å². The smallest absolute Gasteiger partial charge is 0.138 e. The second kappa shape index (κ2) is 5.13. The molecule has 1 aliphatic rings. The van der Waals surface area contributed by atoms with E-state index in [0.717, 1.165) is 6.42 Å². The summed E-state index contributed by atoms with van der Waals surface area (Å²) in [7, 11) is 1.68. The van der Waals surface area contributed by atoms with Crippen LogP contribution in [0.2, 0.25) is 10.0 Å². The summed E-state index contributed by atoms with van der Waals surface area (Å²) in [5.74, 6) is 0.650. The van der Waals surface area contributed by atoms with Crippen LogP contribution in [0.4, 0.5) is 0 Å². The number of hydrogen-bond acceptors (Lipinski definition) is 2. The quantitative estimate of drug-likeness (QED) is 0.784. The fourth-order valence-corrected chi connectivity index (χ4v) is 3.05. The Bertz CT molecular complexity index is 386. The molecule has 2 rings (SSSR count). The zero-order valence-electron chi connectivity index (χ0n) is 8.62. The van der Waals surface area contributed by atoms with E-state index in [1.54, 1.807) is 25.3 Å². The molecule has 2 nitrogen and oxygen atoms in total. The van der Waals surface area contributed by atoms with Crippen LogP contribution in [0.15, 0.2) is 18.2 Å². The highest BCUT2D eigenvalue weighted by Gasteiger charge is 2.41. The Morgan fingerprint density at radius 2 is 2.12 bits per heavy atom. The van der Waals surface area contributed by atoms with Gasteiger partial charge in [-0.05, 0) is 18.2 Å². The van der Waals surface area contributed by atoms with E-state index in [2.05, 4.69) is 15.9 Å². The highest BCUT2D eigenvalue weighted by Crippen LogP contribution is 2.36. The van der Waals surface area contributed by atoms with Gasteiger partial charge in [-0.25, -0.2) is 0 Å². The summed E-state index contributed by atoms with van der Waals surface area (Å²) in [5.41, 5.74) is 0. The highest BCUT2D eigenvalue weighted by atomic mass is 79.9. The molecule has 1 aliphatic carbocycles. The molecule has 3 unspecified atom stereocenters. The highest BCUT2D eigenvalue weighted by molar-refractivity contribution is 9.09. The van der Waals surface area contributed by atoms with Crippen molar-refractivity contribution >= 4 is 39.1 Å². The van der Waals surface area contributed by atoms with E-state index in [1.165, 1.54) is 0 Å². The van der Waals surface area contributed by atoms with Gasteiger partial charge in [-0.3, -0.25) is 0 Å². The van der Waals surface area contributed by atoms with E-state index in [-0.39, 0.29) is 12.2 Å². The van der Waals surface area contributed by atoms with E-state index in [0.29, 0.717) is 20.6 Å². The lowest BCUT2D eigenvalue weighted by Crippen LogP contribution is -2.51. The van der Waals surface area contributed by atoms with Gasteiger partial charge in [-0.2, -0.15) is 0 Å². The Hall–Kier alpha value is 0.0400. The maximum Gasteiger partial charge on any atom is 0.138 e. The lowest BCUT2D eigenvalue weighted by molar-refractivity contribution is -0.0544. The minimum absolute atomic E-state index is 0.0491. The summed E-state index contributed by atoms with van der Waals surface area (Å²) in [4.78, 5) is 0.355. The van der Waals surface area contributed by atoms with E-state index in [1.807, 2.05) is 0 Å². The lowest BCUT2D eigenvalue weighted by Gasteiger charge is -2.40. The maximum absolute atomic E-state index is 6.02. The largest absolute Gasteiger partial charge is 0.486 e. The molecule has 3 atom stereocenters. The van der Waals surface area contributed by atoms with E-state index < -0.39 is 0 Å². The summed E-state index contributed by atoms with van der Waals surface area (Å²) in [6.45, 7) is 0. The van der Waals surface area contributed by atoms with Crippen molar-refractivity contribution in [3.05, 3.63) is 28.2 Å². The third-order valence-electron chi connectivity index (χ3n) is 2.62. The van der Waals surface area contributed by atoms with Gasteiger partial charge < -0.3 is 9.47 Å². The molecule has 1 fully saturated rings. The average molecular weight is 326 g/mol. The van der Waals surface area contributed by atoms with Crippen molar-refractivity contribution in [1.82, 2.24) is 0 Å². The average Bonchev–Trinajstić information content (AvgIpc) is 2.21. The molecule has 88 valence electrons. The molecule has 0 aliphatic heterocycles. The number of alkyl halides is 1. The topological polar surface area (TPSA) is 18.5 Å². The molecular formula is C11H11BrCl2O2. The molecule has 5 heteroatoms. The van der Waals surface area contributed by atoms with E-state index >= 15 is 0 Å². The predicted molar refractivity (Wildman–Crippen MR) is 69.0 cm³/mol. The van der Waals surface area contributed by atoms with Gasteiger partial charge >= 0.3 is 0 Å². The second-order valence-corrected chi connectivity index (χ2v) is 5.70. The van der Waals surface area contributed by atoms with Gasteiger partial charge in [0.05, 0.1) is 5.02 Å². The monoisotopic (exact) mass is 324 g/mol. The first kappa shape index (κ1) is 12.5. The molecule has 1 aromatic carbocycles. The standard InChI is InChI=1S/C11H11BrCl2O2/c1-15-11-7(12)5-10(11)16-9-3-2-6(13)4-8(9)14/h2-4,7,10-11H,5H2,1H3. The number of hydrogen-bond donors (Lipinski definition) is 0. The third kappa shape index (κ3) is 2.48. The first-order valence-electron chi connectivity index (χ1n) is 4.90. The summed E-state index contributed by atoms with van der Waals surface area (Å²) in [5, 5.41) is 1.13.